The molecule has 0 radical (unpaired) electrons. The van der Waals surface area contributed by atoms with Gasteiger partial charge in [-0.05, 0) is 43.9 Å². The van der Waals surface area contributed by atoms with Gasteiger partial charge in [-0.2, -0.15) is 9.97 Å². The zero-order valence-corrected chi connectivity index (χ0v) is 27.3. The molecule has 2 unspecified atom stereocenters. The van der Waals surface area contributed by atoms with E-state index in [1.54, 1.807) is 36.0 Å². The lowest BCUT2D eigenvalue weighted by Crippen LogP contribution is -2.47. The van der Waals surface area contributed by atoms with Crippen molar-refractivity contribution < 1.29 is 29.7 Å². The number of fused-ring (bicyclic) bond motifs is 1. The Morgan fingerprint density at radius 2 is 1.88 bits per heavy atom. The molecule has 3 fully saturated rings. The Hall–Kier alpha value is -5.39. The number of carbonyl (C=O) groups excluding carboxylic acids is 3. The summed E-state index contributed by atoms with van der Waals surface area (Å²) in [5.41, 5.74) is 2.30. The molecule has 50 heavy (non-hydrogen) atoms. The summed E-state index contributed by atoms with van der Waals surface area (Å²) >= 11 is 0. The van der Waals surface area contributed by atoms with E-state index in [1.807, 2.05) is 35.2 Å². The lowest BCUT2D eigenvalue weighted by atomic mass is 10.1. The first-order valence-electron chi connectivity index (χ1n) is 16.6. The standard InChI is InChI=1S/C33H39N11O6/c1-18-30(48)44(33(50)36-18)24-13-23(26(46)27(24)47)43-17-35-25-28(37-22(16-45)12-19-6-3-2-4-7-19)40-31(41-29(25)43)42-11-9-21(15-42)39-32(49)38-20-8-5-10-34-14-20/h2-8,10,14,17-18,21-24,26-27,45-47H,9,11-13,15-16H2,1H3,(H,36,50)(H,37,40,41)(H2,38,39,49)/t18?,21?,22-,23+,24-,26-,27+/m0/s1. The Morgan fingerprint density at radius 3 is 2.60 bits per heavy atom. The zero-order chi connectivity index (χ0) is 34.9. The Morgan fingerprint density at radius 1 is 1.08 bits per heavy atom. The van der Waals surface area contributed by atoms with Crippen molar-refractivity contribution in [3.63, 3.8) is 0 Å². The Bertz CT molecular complexity index is 1860. The predicted molar refractivity (Wildman–Crippen MR) is 181 cm³/mol. The Kier molecular flexibility index (Phi) is 9.18. The van der Waals surface area contributed by atoms with E-state index in [2.05, 4.69) is 31.2 Å². The molecule has 0 bridgehead atoms. The fraction of sp³-hybridized carbons (Fsp3) is 0.424. The number of urea groups is 2. The van der Waals surface area contributed by atoms with Crippen LogP contribution in [-0.4, -0.2) is 119 Å². The third-order valence-corrected chi connectivity index (χ3v) is 9.50. The third-order valence-electron chi connectivity index (χ3n) is 9.50. The van der Waals surface area contributed by atoms with Gasteiger partial charge in [-0.25, -0.2) is 14.6 Å². The number of amides is 5. The first-order valence-corrected chi connectivity index (χ1v) is 16.6. The maximum absolute atomic E-state index is 12.8. The second-order valence-electron chi connectivity index (χ2n) is 12.9. The summed E-state index contributed by atoms with van der Waals surface area (Å²) in [6.07, 6.45) is 3.12. The number of anilines is 3. The summed E-state index contributed by atoms with van der Waals surface area (Å²) < 4.78 is 1.64. The van der Waals surface area contributed by atoms with Gasteiger partial charge in [0.25, 0.3) is 5.91 Å². The van der Waals surface area contributed by atoms with Gasteiger partial charge in [0.1, 0.15) is 18.2 Å². The van der Waals surface area contributed by atoms with Crippen molar-refractivity contribution in [2.75, 3.05) is 35.2 Å². The summed E-state index contributed by atoms with van der Waals surface area (Å²) in [5.74, 6) is 0.220. The fourth-order valence-corrected chi connectivity index (χ4v) is 6.95. The van der Waals surface area contributed by atoms with Gasteiger partial charge in [0.15, 0.2) is 17.0 Å². The van der Waals surface area contributed by atoms with Gasteiger partial charge in [-0.1, -0.05) is 30.3 Å². The number of aliphatic hydroxyl groups is 3. The summed E-state index contributed by atoms with van der Waals surface area (Å²) in [6, 6.07) is 9.08. The van der Waals surface area contributed by atoms with Gasteiger partial charge in [-0.3, -0.25) is 14.7 Å². The van der Waals surface area contributed by atoms with E-state index in [4.69, 9.17) is 9.97 Å². The monoisotopic (exact) mass is 685 g/mol. The molecule has 7 atom stereocenters. The van der Waals surface area contributed by atoms with E-state index in [1.165, 1.54) is 6.33 Å². The summed E-state index contributed by atoms with van der Waals surface area (Å²) in [6.45, 7) is 2.30. The molecule has 1 saturated carbocycles. The van der Waals surface area contributed by atoms with Crippen LogP contribution in [0.15, 0.2) is 61.2 Å². The predicted octanol–water partition coefficient (Wildman–Crippen LogP) is 0.613. The first-order chi connectivity index (χ1) is 24.2. The molecule has 7 rings (SSSR count). The van der Waals surface area contributed by atoms with E-state index >= 15 is 0 Å². The van der Waals surface area contributed by atoms with Gasteiger partial charge >= 0.3 is 12.1 Å². The van der Waals surface area contributed by atoms with Crippen molar-refractivity contribution >= 4 is 46.6 Å². The molecular weight excluding hydrogens is 646 g/mol. The highest BCUT2D eigenvalue weighted by molar-refractivity contribution is 6.04. The van der Waals surface area contributed by atoms with E-state index in [9.17, 15) is 29.7 Å². The highest BCUT2D eigenvalue weighted by Gasteiger charge is 2.51. The molecule has 2 aliphatic heterocycles. The number of hydrogen-bond donors (Lipinski definition) is 7. The van der Waals surface area contributed by atoms with Crippen LogP contribution in [0.1, 0.15) is 31.4 Å². The quantitative estimate of drug-likeness (QED) is 0.114. The van der Waals surface area contributed by atoms with Crippen molar-refractivity contribution in [3.05, 3.63) is 66.7 Å². The van der Waals surface area contributed by atoms with Gasteiger partial charge in [0.2, 0.25) is 5.95 Å². The number of nitrogens with zero attached hydrogens (tertiary/aromatic N) is 7. The molecule has 17 heteroatoms. The van der Waals surface area contributed by atoms with E-state index in [0.29, 0.717) is 54.5 Å². The number of aromatic nitrogens is 5. The van der Waals surface area contributed by atoms with Crippen LogP contribution < -0.4 is 26.2 Å². The summed E-state index contributed by atoms with van der Waals surface area (Å²) in [7, 11) is 0. The van der Waals surface area contributed by atoms with Crippen molar-refractivity contribution in [2.24, 2.45) is 0 Å². The third kappa shape index (κ3) is 6.49. The number of benzene rings is 1. The van der Waals surface area contributed by atoms with Crippen LogP contribution in [0.25, 0.3) is 11.2 Å². The number of carbonyl (C=O) groups is 3. The summed E-state index contributed by atoms with van der Waals surface area (Å²) in [4.78, 5) is 59.3. The van der Waals surface area contributed by atoms with Crippen molar-refractivity contribution in [2.45, 2.75) is 68.6 Å². The summed E-state index contributed by atoms with van der Waals surface area (Å²) in [5, 5.41) is 44.3. The molecule has 2 saturated heterocycles. The molecule has 17 nitrogen and oxygen atoms in total. The van der Waals surface area contributed by atoms with Crippen LogP contribution in [0.3, 0.4) is 0 Å². The number of nitrogens with one attached hydrogen (secondary N) is 4. The molecule has 262 valence electrons. The number of aliphatic hydroxyl groups excluding tert-OH is 3. The van der Waals surface area contributed by atoms with Crippen LogP contribution in [0.2, 0.25) is 0 Å². The Labute approximate surface area is 286 Å². The first kappa shape index (κ1) is 33.1. The molecule has 3 aliphatic rings. The number of hydrogen-bond acceptors (Lipinski definition) is 12. The van der Waals surface area contributed by atoms with Crippen LogP contribution in [0.5, 0.6) is 0 Å². The second-order valence-corrected chi connectivity index (χ2v) is 12.9. The molecular formula is C33H39N11O6. The molecule has 5 amide bonds. The lowest BCUT2D eigenvalue weighted by Gasteiger charge is -2.24. The van der Waals surface area contributed by atoms with Crippen LogP contribution in [-0.2, 0) is 11.2 Å². The number of rotatable bonds is 10. The van der Waals surface area contributed by atoms with E-state index in [0.717, 1.165) is 10.5 Å². The minimum Gasteiger partial charge on any atom is -0.394 e. The molecule has 1 aliphatic carbocycles. The molecule has 7 N–H and O–H groups in total. The number of pyridine rings is 1. The van der Waals surface area contributed by atoms with Gasteiger partial charge in [-0.15, -0.1) is 0 Å². The van der Waals surface area contributed by atoms with Crippen molar-refractivity contribution in [3.8, 4) is 0 Å². The minimum atomic E-state index is -1.40. The molecule has 4 aromatic rings. The number of imidazole rings is 1. The van der Waals surface area contributed by atoms with Crippen LogP contribution >= 0.6 is 0 Å². The van der Waals surface area contributed by atoms with Gasteiger partial charge in [0.05, 0.1) is 42.9 Å². The topological polar surface area (TPSA) is 223 Å². The van der Waals surface area contributed by atoms with Gasteiger partial charge in [0, 0.05) is 25.3 Å². The average Bonchev–Trinajstić information content (AvgIpc) is 3.88. The van der Waals surface area contributed by atoms with Gasteiger partial charge < -0.3 is 46.1 Å². The van der Waals surface area contributed by atoms with Crippen LogP contribution in [0.4, 0.5) is 27.0 Å². The maximum Gasteiger partial charge on any atom is 0.325 e. The van der Waals surface area contributed by atoms with E-state index in [-0.39, 0.29) is 25.1 Å². The molecule has 0 spiro atoms. The van der Waals surface area contributed by atoms with E-state index < -0.39 is 48.3 Å². The highest BCUT2D eigenvalue weighted by atomic mass is 16.3. The minimum absolute atomic E-state index is 0.0663. The maximum atomic E-state index is 12.8. The largest absolute Gasteiger partial charge is 0.394 e. The SMILES string of the molecule is CC1NC(=O)N([C@H]2C[C@@H](n3cnc4c(N[C@H](CO)Cc5ccccc5)nc(N5CCC(NC(=O)Nc6cccnc6)C5)nc43)[C@H](O)[C@@H]2O)C1=O. The number of imide groups is 1. The fourth-order valence-electron chi connectivity index (χ4n) is 6.95. The smallest absolute Gasteiger partial charge is 0.325 e. The molecule has 5 heterocycles. The van der Waals surface area contributed by atoms with Crippen molar-refractivity contribution in [1.29, 1.82) is 0 Å². The second kappa shape index (κ2) is 13.9. The average molecular weight is 686 g/mol. The molecule has 1 aromatic carbocycles. The lowest BCUT2D eigenvalue weighted by molar-refractivity contribution is -0.130. The highest BCUT2D eigenvalue weighted by Crippen LogP contribution is 2.38. The van der Waals surface area contributed by atoms with Crippen molar-refractivity contribution in [1.82, 2.24) is 40.0 Å². The zero-order valence-electron chi connectivity index (χ0n) is 27.3. The van der Waals surface area contributed by atoms with Crippen LogP contribution in [0, 0.1) is 0 Å². The Balaban J connectivity index is 1.18. The normalized spacial score (nSPS) is 25.6. The molecule has 3 aromatic heterocycles.